The van der Waals surface area contributed by atoms with Gasteiger partial charge in [-0.15, -0.1) is 0 Å². The molecule has 0 aliphatic carbocycles. The van der Waals surface area contributed by atoms with Crippen molar-refractivity contribution >= 4 is 22.7 Å². The van der Waals surface area contributed by atoms with Gasteiger partial charge in [-0.1, -0.05) is 0 Å². The highest BCUT2D eigenvalue weighted by molar-refractivity contribution is 7.87. The van der Waals surface area contributed by atoms with Crippen LogP contribution in [0, 0.1) is 0 Å². The van der Waals surface area contributed by atoms with Gasteiger partial charge in [0.2, 0.25) is 5.91 Å². The molecule has 0 aromatic heterocycles. The summed E-state index contributed by atoms with van der Waals surface area (Å²) in [4.78, 5) is 26.4. The molecule has 0 radical (unpaired) electrons. The van der Waals surface area contributed by atoms with E-state index >= 15 is 0 Å². The monoisotopic (exact) mass is 287 g/mol. The van der Waals surface area contributed by atoms with Gasteiger partial charge in [0.05, 0.1) is 10.8 Å². The second kappa shape index (κ2) is 5.11. The van der Waals surface area contributed by atoms with Gasteiger partial charge in [-0.25, -0.2) is 4.79 Å². The molecule has 108 valence electrons. The van der Waals surface area contributed by atoms with Crippen LogP contribution in [0.15, 0.2) is 0 Å². The van der Waals surface area contributed by atoms with E-state index < -0.39 is 15.7 Å². The van der Waals surface area contributed by atoms with Crippen LogP contribution < -0.4 is 5.32 Å². The Bertz CT molecular complexity index is 416. The smallest absolute Gasteiger partial charge is 0.317 e. The third kappa shape index (κ3) is 2.48. The summed E-state index contributed by atoms with van der Waals surface area (Å²) in [7, 11) is 0.570. The maximum atomic E-state index is 12.2. The Hall–Kier alpha value is -1.11. The molecule has 2 aliphatic rings. The SMILES string of the molecule is CC(C)NC(=O)N1CCC2(CC1)N(C)C(=O)CS2=O. The Morgan fingerprint density at radius 3 is 2.37 bits per heavy atom. The number of urea groups is 1. The Morgan fingerprint density at radius 1 is 1.37 bits per heavy atom. The van der Waals surface area contributed by atoms with Crippen molar-refractivity contribution in [1.29, 1.82) is 0 Å². The number of carbonyl (C=O) groups is 2. The van der Waals surface area contributed by atoms with E-state index in [-0.39, 0.29) is 23.7 Å². The van der Waals surface area contributed by atoms with Crippen molar-refractivity contribution in [2.45, 2.75) is 37.6 Å². The second-order valence-electron chi connectivity index (χ2n) is 5.48. The maximum Gasteiger partial charge on any atom is 0.317 e. The minimum absolute atomic E-state index is 0.0570. The van der Waals surface area contributed by atoms with Gasteiger partial charge in [0.1, 0.15) is 10.6 Å². The summed E-state index contributed by atoms with van der Waals surface area (Å²) >= 11 is 0. The molecular weight excluding hydrogens is 266 g/mol. The first-order chi connectivity index (χ1) is 8.86. The molecule has 1 N–H and O–H groups in total. The average molecular weight is 287 g/mol. The van der Waals surface area contributed by atoms with Gasteiger partial charge in [0, 0.05) is 39.0 Å². The first-order valence-corrected chi connectivity index (χ1v) is 7.89. The van der Waals surface area contributed by atoms with E-state index in [2.05, 4.69) is 5.32 Å². The summed E-state index contributed by atoms with van der Waals surface area (Å²) in [6.07, 6.45) is 1.18. The number of amides is 3. The normalized spacial score (nSPS) is 26.3. The molecule has 6 nitrogen and oxygen atoms in total. The summed E-state index contributed by atoms with van der Waals surface area (Å²) < 4.78 is 12.2. The van der Waals surface area contributed by atoms with Crippen molar-refractivity contribution in [3.63, 3.8) is 0 Å². The third-order valence-corrected chi connectivity index (χ3v) is 5.95. The number of carbonyl (C=O) groups excluding carboxylic acids is 2. The molecule has 19 heavy (non-hydrogen) atoms. The fourth-order valence-electron chi connectivity index (χ4n) is 2.68. The highest BCUT2D eigenvalue weighted by Crippen LogP contribution is 2.36. The van der Waals surface area contributed by atoms with Gasteiger partial charge in [-0.2, -0.15) is 0 Å². The number of rotatable bonds is 1. The fourth-order valence-corrected chi connectivity index (χ4v) is 4.42. The number of likely N-dealkylation sites (tertiary alicyclic amines) is 1. The van der Waals surface area contributed by atoms with Crippen LogP contribution in [-0.2, 0) is 15.6 Å². The maximum absolute atomic E-state index is 12.2. The Morgan fingerprint density at radius 2 is 1.95 bits per heavy atom. The Balaban J connectivity index is 2.01. The lowest BCUT2D eigenvalue weighted by Crippen LogP contribution is -2.56. The van der Waals surface area contributed by atoms with Crippen molar-refractivity contribution in [3.05, 3.63) is 0 Å². The molecule has 0 aromatic carbocycles. The predicted octanol–water partition coefficient (Wildman–Crippen LogP) is 0.117. The van der Waals surface area contributed by atoms with Crippen molar-refractivity contribution in [3.8, 4) is 0 Å². The van der Waals surface area contributed by atoms with Crippen LogP contribution in [-0.4, -0.2) is 62.7 Å². The van der Waals surface area contributed by atoms with E-state index in [0.717, 1.165) is 0 Å². The third-order valence-electron chi connectivity index (χ3n) is 3.91. The van der Waals surface area contributed by atoms with Gasteiger partial charge < -0.3 is 15.1 Å². The van der Waals surface area contributed by atoms with Crippen LogP contribution in [0.1, 0.15) is 26.7 Å². The van der Waals surface area contributed by atoms with Crippen LogP contribution in [0.25, 0.3) is 0 Å². The molecule has 1 unspecified atom stereocenters. The van der Waals surface area contributed by atoms with Crippen LogP contribution in [0.5, 0.6) is 0 Å². The molecule has 2 heterocycles. The van der Waals surface area contributed by atoms with E-state index in [4.69, 9.17) is 0 Å². The first kappa shape index (κ1) is 14.3. The van der Waals surface area contributed by atoms with Crippen LogP contribution >= 0.6 is 0 Å². The zero-order chi connectivity index (χ0) is 14.2. The van der Waals surface area contributed by atoms with E-state index in [1.54, 1.807) is 16.8 Å². The summed E-state index contributed by atoms with van der Waals surface area (Å²) in [5, 5.41) is 2.85. The van der Waals surface area contributed by atoms with Crippen molar-refractivity contribution < 1.29 is 13.8 Å². The molecular formula is C12H21N3O3S. The highest BCUT2D eigenvalue weighted by Gasteiger charge is 2.51. The van der Waals surface area contributed by atoms with Crippen molar-refractivity contribution in [1.82, 2.24) is 15.1 Å². The lowest BCUT2D eigenvalue weighted by atomic mass is 10.0. The average Bonchev–Trinajstić information content (AvgIpc) is 2.54. The molecule has 0 saturated carbocycles. The summed E-state index contributed by atoms with van der Waals surface area (Å²) in [5.74, 6) is 0.0627. The highest BCUT2D eigenvalue weighted by atomic mass is 32.2. The molecule has 7 heteroatoms. The molecule has 1 spiro atoms. The second-order valence-corrected chi connectivity index (χ2v) is 7.22. The predicted molar refractivity (Wildman–Crippen MR) is 73.0 cm³/mol. The number of nitrogens with zero attached hydrogens (tertiary/aromatic N) is 2. The Kier molecular flexibility index (Phi) is 3.85. The standard InChI is InChI=1S/C12H21N3O3S/c1-9(2)13-11(17)15-6-4-12(5-7-15)14(3)10(16)8-19(12)18/h9H,4-8H2,1-3H3,(H,13,17). The van der Waals surface area contributed by atoms with Crippen LogP contribution in [0.3, 0.4) is 0 Å². The largest absolute Gasteiger partial charge is 0.336 e. The summed E-state index contributed by atoms with van der Waals surface area (Å²) in [6, 6.07) is 0.0239. The lowest BCUT2D eigenvalue weighted by molar-refractivity contribution is -0.129. The van der Waals surface area contributed by atoms with Gasteiger partial charge in [0.15, 0.2) is 0 Å². The van der Waals surface area contributed by atoms with Gasteiger partial charge in [-0.3, -0.25) is 9.00 Å². The molecule has 2 saturated heterocycles. The van der Waals surface area contributed by atoms with Gasteiger partial charge >= 0.3 is 6.03 Å². The number of nitrogens with one attached hydrogen (secondary N) is 1. The van der Waals surface area contributed by atoms with E-state index in [9.17, 15) is 13.8 Å². The number of hydrogen-bond acceptors (Lipinski definition) is 3. The van der Waals surface area contributed by atoms with E-state index in [1.807, 2.05) is 13.8 Å². The van der Waals surface area contributed by atoms with Crippen molar-refractivity contribution in [2.24, 2.45) is 0 Å². The van der Waals surface area contributed by atoms with Gasteiger partial charge in [0.25, 0.3) is 0 Å². The van der Waals surface area contributed by atoms with E-state index in [0.29, 0.717) is 25.9 Å². The van der Waals surface area contributed by atoms with Crippen LogP contribution in [0.2, 0.25) is 0 Å². The lowest BCUT2D eigenvalue weighted by Gasteiger charge is -2.42. The minimum atomic E-state index is -1.15. The Labute approximate surface area is 116 Å². The zero-order valence-corrected chi connectivity index (χ0v) is 12.5. The summed E-state index contributed by atoms with van der Waals surface area (Å²) in [6.45, 7) is 4.92. The first-order valence-electron chi connectivity index (χ1n) is 6.57. The zero-order valence-electron chi connectivity index (χ0n) is 11.6. The summed E-state index contributed by atoms with van der Waals surface area (Å²) in [5.41, 5.74) is 0. The van der Waals surface area contributed by atoms with Crippen molar-refractivity contribution in [2.75, 3.05) is 25.9 Å². The molecule has 3 amide bonds. The van der Waals surface area contributed by atoms with Gasteiger partial charge in [-0.05, 0) is 13.8 Å². The molecule has 0 aromatic rings. The fraction of sp³-hybridized carbons (Fsp3) is 0.833. The molecule has 0 bridgehead atoms. The minimum Gasteiger partial charge on any atom is -0.336 e. The molecule has 2 rings (SSSR count). The molecule has 2 aliphatic heterocycles. The topological polar surface area (TPSA) is 69.7 Å². The number of hydrogen-bond donors (Lipinski definition) is 1. The number of piperidine rings is 1. The molecule has 2 fully saturated rings. The van der Waals surface area contributed by atoms with E-state index in [1.165, 1.54) is 0 Å². The van der Waals surface area contributed by atoms with Crippen LogP contribution in [0.4, 0.5) is 4.79 Å². The molecule has 1 atom stereocenters. The quantitative estimate of drug-likeness (QED) is 0.744.